The van der Waals surface area contributed by atoms with E-state index in [4.69, 9.17) is 9.47 Å². The van der Waals surface area contributed by atoms with Gasteiger partial charge in [-0.25, -0.2) is 0 Å². The van der Waals surface area contributed by atoms with E-state index in [0.717, 1.165) is 43.1 Å². The van der Waals surface area contributed by atoms with Crippen LogP contribution in [0.15, 0.2) is 18.2 Å². The summed E-state index contributed by atoms with van der Waals surface area (Å²) in [6, 6.07) is 5.85. The molecule has 0 saturated carbocycles. The van der Waals surface area contributed by atoms with Gasteiger partial charge in [-0.2, -0.15) is 0 Å². The number of unbranched alkanes of at least 4 members (excludes halogenated alkanes) is 7. The molecule has 2 rings (SSSR count). The van der Waals surface area contributed by atoms with E-state index in [1.165, 1.54) is 51.4 Å². The lowest BCUT2D eigenvalue weighted by atomic mass is 9.85. The van der Waals surface area contributed by atoms with Gasteiger partial charge in [0.1, 0.15) is 11.5 Å². The lowest BCUT2D eigenvalue weighted by molar-refractivity contribution is 0.0489. The molecular weight excluding hydrogens is 338 g/mol. The third-order valence-corrected chi connectivity index (χ3v) is 5.83. The second-order valence-corrected chi connectivity index (χ2v) is 7.81. The van der Waals surface area contributed by atoms with Crippen LogP contribution < -0.4 is 9.47 Å². The Morgan fingerprint density at radius 3 is 2.11 bits per heavy atom. The number of ether oxygens (including phenoxy) is 2. The zero-order chi connectivity index (χ0) is 19.5. The fourth-order valence-corrected chi connectivity index (χ4v) is 4.25. The van der Waals surface area contributed by atoms with Crippen LogP contribution >= 0.6 is 0 Å². The molecule has 1 heterocycles. The minimum atomic E-state index is -0.377. The topological polar surface area (TPSA) is 41.9 Å². The van der Waals surface area contributed by atoms with E-state index < -0.39 is 0 Å². The number of rotatable bonds is 12. The number of benzene rings is 1. The van der Waals surface area contributed by atoms with Crippen LogP contribution in [0.4, 0.5) is 0 Å². The zero-order valence-corrected chi connectivity index (χ0v) is 17.6. The molecule has 1 aromatic carbocycles. The lowest BCUT2D eigenvalue weighted by Crippen LogP contribution is -2.43. The Kier molecular flexibility index (Phi) is 10.00. The maximum absolute atomic E-state index is 10.8. The summed E-state index contributed by atoms with van der Waals surface area (Å²) < 4.78 is 11.1. The quantitative estimate of drug-likeness (QED) is 0.521. The van der Waals surface area contributed by atoms with Crippen molar-refractivity contribution in [2.24, 2.45) is 0 Å². The van der Waals surface area contributed by atoms with Gasteiger partial charge in [0.25, 0.3) is 0 Å². The van der Waals surface area contributed by atoms with Crippen LogP contribution in [0, 0.1) is 0 Å². The summed E-state index contributed by atoms with van der Waals surface area (Å²) >= 11 is 0. The van der Waals surface area contributed by atoms with Gasteiger partial charge in [-0.05, 0) is 38.1 Å². The number of piperidine rings is 1. The first-order valence-corrected chi connectivity index (χ1v) is 10.8. The van der Waals surface area contributed by atoms with Crippen LogP contribution in [0.2, 0.25) is 0 Å². The van der Waals surface area contributed by atoms with Crippen LogP contribution in [0.25, 0.3) is 0 Å². The summed E-state index contributed by atoms with van der Waals surface area (Å²) in [4.78, 5) is 2.42. The Labute approximate surface area is 165 Å². The van der Waals surface area contributed by atoms with Crippen molar-refractivity contribution in [3.8, 4) is 11.5 Å². The van der Waals surface area contributed by atoms with E-state index in [0.29, 0.717) is 0 Å². The first-order chi connectivity index (χ1) is 13.2. The molecule has 1 aromatic rings. The molecule has 1 saturated heterocycles. The number of hydrogen-bond acceptors (Lipinski definition) is 4. The molecule has 2 unspecified atom stereocenters. The molecule has 0 amide bonds. The van der Waals surface area contributed by atoms with Crippen molar-refractivity contribution in [3.05, 3.63) is 23.8 Å². The van der Waals surface area contributed by atoms with Crippen molar-refractivity contribution in [1.82, 2.24) is 4.90 Å². The third kappa shape index (κ3) is 6.69. The van der Waals surface area contributed by atoms with E-state index in [1.54, 1.807) is 14.2 Å². The molecule has 27 heavy (non-hydrogen) atoms. The second-order valence-electron chi connectivity index (χ2n) is 7.81. The van der Waals surface area contributed by atoms with Gasteiger partial charge in [0.15, 0.2) is 0 Å². The fourth-order valence-electron chi connectivity index (χ4n) is 4.25. The van der Waals surface area contributed by atoms with Crippen LogP contribution in [0.5, 0.6) is 11.5 Å². The largest absolute Gasteiger partial charge is 0.496 e. The van der Waals surface area contributed by atoms with Gasteiger partial charge >= 0.3 is 0 Å². The molecule has 1 fully saturated rings. The van der Waals surface area contributed by atoms with Crippen molar-refractivity contribution >= 4 is 0 Å². The predicted molar refractivity (Wildman–Crippen MR) is 112 cm³/mol. The lowest BCUT2D eigenvalue weighted by Gasteiger charge is -2.37. The Bertz CT molecular complexity index is 512. The van der Waals surface area contributed by atoms with Crippen LogP contribution in [0.1, 0.15) is 76.2 Å². The predicted octanol–water partition coefficient (Wildman–Crippen LogP) is 4.99. The molecule has 2 atom stereocenters. The second kappa shape index (κ2) is 12.2. The smallest absolute Gasteiger partial charge is 0.126 e. The van der Waals surface area contributed by atoms with Crippen molar-refractivity contribution in [3.63, 3.8) is 0 Å². The molecule has 0 radical (unpaired) electrons. The summed E-state index contributed by atoms with van der Waals surface area (Å²) in [7, 11) is 3.37. The van der Waals surface area contributed by atoms with Crippen molar-refractivity contribution < 1.29 is 14.6 Å². The summed E-state index contributed by atoms with van der Waals surface area (Å²) in [5, 5.41) is 10.8. The molecule has 154 valence electrons. The number of aliphatic hydroxyl groups excluding tert-OH is 1. The molecule has 0 spiro atoms. The van der Waals surface area contributed by atoms with Gasteiger partial charge in [0.05, 0.1) is 20.3 Å². The number of nitrogens with zero attached hydrogens (tertiary/aromatic N) is 1. The van der Waals surface area contributed by atoms with Crippen molar-refractivity contribution in [2.75, 3.05) is 33.9 Å². The molecule has 1 aliphatic rings. The first kappa shape index (κ1) is 22.0. The van der Waals surface area contributed by atoms with Crippen LogP contribution in [-0.2, 0) is 0 Å². The van der Waals surface area contributed by atoms with Gasteiger partial charge in [0, 0.05) is 18.0 Å². The van der Waals surface area contributed by atoms with Gasteiger partial charge in [0.2, 0.25) is 0 Å². The van der Waals surface area contributed by atoms with Gasteiger partial charge < -0.3 is 19.5 Å². The molecule has 0 aromatic heterocycles. The monoisotopic (exact) mass is 377 g/mol. The Morgan fingerprint density at radius 1 is 0.963 bits per heavy atom. The summed E-state index contributed by atoms with van der Waals surface area (Å²) in [6.45, 7) is 5.13. The molecule has 4 heteroatoms. The van der Waals surface area contributed by atoms with E-state index in [9.17, 15) is 5.11 Å². The van der Waals surface area contributed by atoms with E-state index in [2.05, 4.69) is 11.8 Å². The maximum Gasteiger partial charge on any atom is 0.126 e. The third-order valence-electron chi connectivity index (χ3n) is 5.83. The number of likely N-dealkylation sites (tertiary alicyclic amines) is 1. The Hall–Kier alpha value is -1.26. The van der Waals surface area contributed by atoms with E-state index in [-0.39, 0.29) is 12.0 Å². The summed E-state index contributed by atoms with van der Waals surface area (Å²) in [5.74, 6) is 1.70. The first-order valence-electron chi connectivity index (χ1n) is 10.8. The fraction of sp³-hybridized carbons (Fsp3) is 0.739. The van der Waals surface area contributed by atoms with Gasteiger partial charge in [-0.1, -0.05) is 57.9 Å². The number of aliphatic hydroxyl groups is 1. The zero-order valence-electron chi connectivity index (χ0n) is 17.6. The van der Waals surface area contributed by atoms with E-state index >= 15 is 0 Å². The minimum Gasteiger partial charge on any atom is -0.496 e. The molecule has 1 aliphatic heterocycles. The number of β-amino-alcohol motifs (C(OH)–C–C–N with tert-alkyl or cyclic N) is 1. The van der Waals surface area contributed by atoms with E-state index in [1.807, 2.05) is 18.2 Å². The SMILES string of the molecule is CCCCCCCCCCN1CCC(c2c(OC)cccc2OC)C(O)C1. The standard InChI is InChI=1S/C23H39NO3/c1-4-5-6-7-8-9-10-11-16-24-17-15-19(20(25)18-24)23-21(26-2)13-12-14-22(23)27-3/h12-14,19-20,25H,4-11,15-18H2,1-3H3. The molecule has 4 nitrogen and oxygen atoms in total. The average molecular weight is 378 g/mol. The highest BCUT2D eigenvalue weighted by molar-refractivity contribution is 5.48. The maximum atomic E-state index is 10.8. The van der Waals surface area contributed by atoms with Crippen LogP contribution in [-0.4, -0.2) is 50.0 Å². The Balaban J connectivity index is 1.76. The average Bonchev–Trinajstić information content (AvgIpc) is 2.69. The summed E-state index contributed by atoms with van der Waals surface area (Å²) in [5.41, 5.74) is 1.02. The highest BCUT2D eigenvalue weighted by atomic mass is 16.5. The van der Waals surface area contributed by atoms with Gasteiger partial charge in [-0.3, -0.25) is 0 Å². The minimum absolute atomic E-state index is 0.0749. The number of hydrogen-bond donors (Lipinski definition) is 1. The molecule has 0 aliphatic carbocycles. The van der Waals surface area contributed by atoms with Crippen LogP contribution in [0.3, 0.4) is 0 Å². The molecule has 0 bridgehead atoms. The summed E-state index contributed by atoms with van der Waals surface area (Å²) in [6.07, 6.45) is 11.3. The molecule has 1 N–H and O–H groups in total. The highest BCUT2D eigenvalue weighted by Gasteiger charge is 2.32. The normalized spacial score (nSPS) is 20.6. The van der Waals surface area contributed by atoms with Crippen molar-refractivity contribution in [2.45, 2.75) is 76.7 Å². The van der Waals surface area contributed by atoms with Gasteiger partial charge in [-0.15, -0.1) is 0 Å². The van der Waals surface area contributed by atoms with Crippen molar-refractivity contribution in [1.29, 1.82) is 0 Å². The molecular formula is C23H39NO3. The Morgan fingerprint density at radius 2 is 1.56 bits per heavy atom. The number of methoxy groups -OCH3 is 2. The highest BCUT2D eigenvalue weighted by Crippen LogP contribution is 2.40.